The first-order valence-corrected chi connectivity index (χ1v) is 21.9. The van der Waals surface area contributed by atoms with Crippen molar-refractivity contribution in [2.45, 2.75) is 52.4 Å². The van der Waals surface area contributed by atoms with Crippen LogP contribution in [0.2, 0.25) is 0 Å². The molecule has 2 heteroatoms. The van der Waals surface area contributed by atoms with E-state index >= 15 is 0 Å². The van der Waals surface area contributed by atoms with Crippen molar-refractivity contribution in [3.8, 4) is 27.9 Å². The van der Waals surface area contributed by atoms with Gasteiger partial charge in [0.2, 0.25) is 0 Å². The van der Waals surface area contributed by atoms with E-state index in [-0.39, 0.29) is 10.8 Å². The lowest BCUT2D eigenvalue weighted by atomic mass is 9.80. The van der Waals surface area contributed by atoms with E-state index in [1.807, 2.05) is 0 Å². The van der Waals surface area contributed by atoms with Crippen LogP contribution in [0.4, 0.5) is 17.1 Å². The fraction of sp³-hybridized carbons (Fsp3) is 0.133. The van der Waals surface area contributed by atoms with E-state index in [2.05, 4.69) is 245 Å². The number of hydrogen-bond donors (Lipinski definition) is 0. The van der Waals surface area contributed by atoms with Crippen molar-refractivity contribution in [1.29, 1.82) is 0 Å². The number of hydrogen-bond acceptors (Lipinski definition) is 1. The topological polar surface area (TPSA) is 8.17 Å². The molecule has 0 atom stereocenters. The molecule has 0 N–H and O–H groups in total. The van der Waals surface area contributed by atoms with Gasteiger partial charge in [-0.15, -0.1) is 0 Å². The van der Waals surface area contributed by atoms with Gasteiger partial charge in [-0.25, -0.2) is 0 Å². The number of nitrogens with zero attached hydrogens (tertiary/aromatic N) is 2. The molecule has 0 radical (unpaired) electrons. The summed E-state index contributed by atoms with van der Waals surface area (Å²) in [4.78, 5) is 2.59. The van der Waals surface area contributed by atoms with Gasteiger partial charge in [0.1, 0.15) is 0 Å². The highest BCUT2D eigenvalue weighted by atomic mass is 15.1. The Morgan fingerprint density at radius 1 is 0.387 bits per heavy atom. The maximum atomic E-state index is 2.59. The Bertz CT molecular complexity index is 3320. The first-order chi connectivity index (χ1) is 30.0. The third kappa shape index (κ3) is 6.08. The van der Waals surface area contributed by atoms with Gasteiger partial charge in [0.25, 0.3) is 0 Å². The maximum Gasteiger partial charge on any atom is 0.0618 e. The molecule has 62 heavy (non-hydrogen) atoms. The molecule has 1 aromatic heterocycles. The van der Waals surface area contributed by atoms with Gasteiger partial charge in [0.05, 0.1) is 28.1 Å². The number of anilines is 3. The van der Waals surface area contributed by atoms with Gasteiger partial charge < -0.3 is 9.47 Å². The second kappa shape index (κ2) is 14.2. The van der Waals surface area contributed by atoms with Gasteiger partial charge in [-0.1, -0.05) is 199 Å². The van der Waals surface area contributed by atoms with E-state index in [1.165, 1.54) is 93.2 Å². The summed E-state index contributed by atoms with van der Waals surface area (Å²) in [5.74, 6) is 0. The van der Waals surface area contributed by atoms with Crippen molar-refractivity contribution < 1.29 is 0 Å². The number of para-hydroxylation sites is 3. The van der Waals surface area contributed by atoms with E-state index < -0.39 is 0 Å². The van der Waals surface area contributed by atoms with Crippen LogP contribution in [-0.4, -0.2) is 4.57 Å². The molecule has 0 saturated carbocycles. The van der Waals surface area contributed by atoms with Crippen LogP contribution < -0.4 is 4.90 Å². The van der Waals surface area contributed by atoms with Gasteiger partial charge in [0.15, 0.2) is 0 Å². The Morgan fingerprint density at radius 3 is 1.40 bits per heavy atom. The summed E-state index contributed by atoms with van der Waals surface area (Å²) >= 11 is 0. The van der Waals surface area contributed by atoms with Gasteiger partial charge in [-0.05, 0) is 91.0 Å². The van der Waals surface area contributed by atoms with Crippen LogP contribution >= 0.6 is 0 Å². The Balaban J connectivity index is 1.27. The van der Waals surface area contributed by atoms with Crippen LogP contribution in [0.25, 0.3) is 82.1 Å². The lowest BCUT2D eigenvalue weighted by Gasteiger charge is -2.34. The van der Waals surface area contributed by atoms with Crippen molar-refractivity contribution in [2.24, 2.45) is 0 Å². The average molecular weight is 799 g/mol. The standard InChI is InChI=1S/C60H50N2/c1-59(2,3)43-36-44(60(4,5)6)38-45(37-43)61(58-46(39-18-9-7-10-19-39)24-17-25-47(58)40-20-11-8-12-21-40)54-34-30-41-29-33-51-55(35-31-42-28-32-50(54)56(41)57(42)51)62-52-26-15-13-22-48(52)49-23-14-16-27-53(49)62/h7-38H,1-6H3. The summed E-state index contributed by atoms with van der Waals surface area (Å²) in [7, 11) is 0. The summed E-state index contributed by atoms with van der Waals surface area (Å²) < 4.78 is 2.47. The van der Waals surface area contributed by atoms with Crippen molar-refractivity contribution in [3.05, 3.63) is 205 Å². The maximum absolute atomic E-state index is 2.59. The zero-order chi connectivity index (χ0) is 42.3. The molecule has 0 aliphatic rings. The minimum absolute atomic E-state index is 0.0746. The molecule has 11 aromatic rings. The molecule has 0 aliphatic heterocycles. The molecule has 10 aromatic carbocycles. The predicted octanol–water partition coefficient (Wildman–Crippen LogP) is 17.1. The number of rotatable bonds is 6. The molecule has 1 heterocycles. The van der Waals surface area contributed by atoms with Gasteiger partial charge in [0, 0.05) is 38.4 Å². The molecule has 0 spiro atoms. The van der Waals surface area contributed by atoms with E-state index in [0.717, 1.165) is 17.1 Å². The summed E-state index contributed by atoms with van der Waals surface area (Å²) in [6.45, 7) is 14.0. The number of fused-ring (bicyclic) bond motifs is 3. The van der Waals surface area contributed by atoms with E-state index in [4.69, 9.17) is 0 Å². The third-order valence-electron chi connectivity index (χ3n) is 13.0. The SMILES string of the molecule is CC(C)(C)c1cc(N(c2c(-c3ccccc3)cccc2-c2ccccc2)c2ccc3ccc4c(-n5c6ccccc6c6ccccc65)ccc5ccc2c3c54)cc(C(C)(C)C)c1. The second-order valence-electron chi connectivity index (χ2n) is 19.0. The van der Waals surface area contributed by atoms with Crippen molar-refractivity contribution in [1.82, 2.24) is 4.57 Å². The van der Waals surface area contributed by atoms with Crippen molar-refractivity contribution in [2.75, 3.05) is 4.90 Å². The Kier molecular flexibility index (Phi) is 8.67. The highest BCUT2D eigenvalue weighted by Gasteiger charge is 2.28. The van der Waals surface area contributed by atoms with Crippen LogP contribution in [0, 0.1) is 0 Å². The number of benzene rings is 10. The lowest BCUT2D eigenvalue weighted by Crippen LogP contribution is -2.20. The largest absolute Gasteiger partial charge is 0.309 e. The zero-order valence-electron chi connectivity index (χ0n) is 36.4. The number of aromatic nitrogens is 1. The summed E-state index contributed by atoms with van der Waals surface area (Å²) in [6, 6.07) is 72.4. The van der Waals surface area contributed by atoms with Crippen LogP contribution in [-0.2, 0) is 10.8 Å². The van der Waals surface area contributed by atoms with E-state index in [0.29, 0.717) is 0 Å². The highest BCUT2D eigenvalue weighted by molar-refractivity contribution is 6.28. The zero-order valence-corrected chi connectivity index (χ0v) is 36.4. The van der Waals surface area contributed by atoms with E-state index in [1.54, 1.807) is 0 Å². The third-order valence-corrected chi connectivity index (χ3v) is 13.0. The summed E-state index contributed by atoms with van der Waals surface area (Å²) in [5, 5.41) is 10.1. The molecule has 300 valence electrons. The molecule has 0 bridgehead atoms. The Hall–Kier alpha value is -7.16. The monoisotopic (exact) mass is 798 g/mol. The first-order valence-electron chi connectivity index (χ1n) is 21.9. The summed E-state index contributed by atoms with van der Waals surface area (Å²) in [5.41, 5.74) is 14.3. The highest BCUT2D eigenvalue weighted by Crippen LogP contribution is 2.51. The normalized spacial score (nSPS) is 12.4. The predicted molar refractivity (Wildman–Crippen MR) is 267 cm³/mol. The Morgan fingerprint density at radius 2 is 0.855 bits per heavy atom. The second-order valence-corrected chi connectivity index (χ2v) is 19.0. The Labute approximate surface area is 364 Å². The van der Waals surface area contributed by atoms with Crippen LogP contribution in [0.15, 0.2) is 194 Å². The van der Waals surface area contributed by atoms with Crippen LogP contribution in [0.1, 0.15) is 52.7 Å². The smallest absolute Gasteiger partial charge is 0.0618 e. The molecule has 0 amide bonds. The minimum Gasteiger partial charge on any atom is -0.309 e. The van der Waals surface area contributed by atoms with Crippen LogP contribution in [0.5, 0.6) is 0 Å². The van der Waals surface area contributed by atoms with E-state index in [9.17, 15) is 0 Å². The fourth-order valence-corrected chi connectivity index (χ4v) is 9.82. The fourth-order valence-electron chi connectivity index (χ4n) is 9.82. The molecular weight excluding hydrogens is 749 g/mol. The quantitative estimate of drug-likeness (QED) is 0.152. The molecule has 0 fully saturated rings. The molecule has 0 unspecified atom stereocenters. The van der Waals surface area contributed by atoms with Gasteiger partial charge in [-0.2, -0.15) is 0 Å². The summed E-state index contributed by atoms with van der Waals surface area (Å²) in [6.07, 6.45) is 0. The van der Waals surface area contributed by atoms with Crippen LogP contribution in [0.3, 0.4) is 0 Å². The van der Waals surface area contributed by atoms with Crippen molar-refractivity contribution >= 4 is 71.2 Å². The molecule has 11 rings (SSSR count). The minimum atomic E-state index is -0.0746. The average Bonchev–Trinajstić information content (AvgIpc) is 3.62. The molecule has 0 aliphatic carbocycles. The lowest BCUT2D eigenvalue weighted by molar-refractivity contribution is 0.569. The molecular formula is C60H50N2. The van der Waals surface area contributed by atoms with Gasteiger partial charge in [-0.3, -0.25) is 0 Å². The van der Waals surface area contributed by atoms with Crippen molar-refractivity contribution in [3.63, 3.8) is 0 Å². The first kappa shape index (κ1) is 37.8. The molecule has 0 saturated heterocycles. The molecule has 2 nitrogen and oxygen atoms in total. The van der Waals surface area contributed by atoms with Gasteiger partial charge >= 0.3 is 0 Å².